The van der Waals surface area contributed by atoms with Crippen LogP contribution in [0.1, 0.15) is 54.9 Å². The minimum absolute atomic E-state index is 0.00572. The number of amides is 3. The van der Waals surface area contributed by atoms with E-state index in [0.717, 1.165) is 5.56 Å². The summed E-state index contributed by atoms with van der Waals surface area (Å²) >= 11 is 0. The molecule has 2 atom stereocenters. The number of methoxy groups -OCH3 is 1. The fourth-order valence-corrected chi connectivity index (χ4v) is 5.62. The number of benzene rings is 2. The lowest BCUT2D eigenvalue weighted by Gasteiger charge is -2.21. The molecule has 294 valence electrons. The Hall–Kier alpha value is -6.37. The number of nitrogens with zero attached hydrogens (tertiary/aromatic N) is 3. The number of rotatable bonds is 20. The normalized spacial score (nSPS) is 12.0. The quantitative estimate of drug-likeness (QED) is 0.0356. The molecular formula is C36H45F2N11O6. The number of nitrogens with two attached hydrogens (primary N) is 2. The SMILES string of the molecule is CCc1cc(Nc2nccn3c(-c4ccc(OC)c(F)c4F)cnc23)ccc1C(=O)NCCCNC(=O)C(CCCNC(=N)N)NC(=O)C(N)CCC(=O)O. The van der Waals surface area contributed by atoms with E-state index >= 15 is 0 Å². The maximum Gasteiger partial charge on any atom is 0.303 e. The lowest BCUT2D eigenvalue weighted by Crippen LogP contribution is -2.52. The maximum atomic E-state index is 14.9. The van der Waals surface area contributed by atoms with Crippen LogP contribution in [0.15, 0.2) is 48.9 Å². The summed E-state index contributed by atoms with van der Waals surface area (Å²) in [5.41, 5.74) is 13.6. The van der Waals surface area contributed by atoms with Gasteiger partial charge in [0.25, 0.3) is 5.91 Å². The van der Waals surface area contributed by atoms with Gasteiger partial charge in [0.1, 0.15) is 6.04 Å². The van der Waals surface area contributed by atoms with Crippen molar-refractivity contribution in [2.24, 2.45) is 11.5 Å². The van der Waals surface area contributed by atoms with Crippen LogP contribution in [0.25, 0.3) is 16.9 Å². The monoisotopic (exact) mass is 765 g/mol. The van der Waals surface area contributed by atoms with E-state index in [1.807, 2.05) is 6.92 Å². The standard InChI is InChI=1S/C36H45F2N11O6/c1-3-20-18-21(47-31-32-46-19-26(49(32)17-16-42-31)23-9-11-27(55-2)30(38)29(23)37)7-8-22(20)33(52)43-14-5-15-44-35(54)25(6-4-13-45-36(40)41)48-34(53)24(39)10-12-28(50)51/h7-9,11,16-19,24-25H,3-6,10,12-15,39H2,1-2H3,(H,42,47)(H,43,52)(H,44,54)(H,48,53)(H,50,51)(H4,40,41,45). The molecule has 3 amide bonds. The third-order valence-electron chi connectivity index (χ3n) is 8.53. The number of carboxylic acid groups (broad SMARTS) is 1. The highest BCUT2D eigenvalue weighted by Gasteiger charge is 2.24. The minimum Gasteiger partial charge on any atom is -0.494 e. The van der Waals surface area contributed by atoms with Gasteiger partial charge < -0.3 is 47.9 Å². The number of halogens is 2. The van der Waals surface area contributed by atoms with Crippen molar-refractivity contribution >= 4 is 46.8 Å². The van der Waals surface area contributed by atoms with Gasteiger partial charge in [0.2, 0.25) is 17.6 Å². The summed E-state index contributed by atoms with van der Waals surface area (Å²) in [4.78, 5) is 58.3. The molecule has 2 aromatic heterocycles. The molecule has 0 aliphatic carbocycles. The lowest BCUT2D eigenvalue weighted by atomic mass is 10.0. The number of nitrogens with one attached hydrogen (secondary N) is 6. The van der Waals surface area contributed by atoms with Crippen molar-refractivity contribution < 1.29 is 37.8 Å². The number of fused-ring (bicyclic) bond motifs is 1. The molecule has 4 rings (SSSR count). The largest absolute Gasteiger partial charge is 0.494 e. The topological polar surface area (TPSA) is 264 Å². The summed E-state index contributed by atoms with van der Waals surface area (Å²) in [6.45, 7) is 2.60. The highest BCUT2D eigenvalue weighted by molar-refractivity contribution is 5.96. The van der Waals surface area contributed by atoms with E-state index in [2.05, 4.69) is 36.6 Å². The van der Waals surface area contributed by atoms with Gasteiger partial charge in [0.15, 0.2) is 29.0 Å². The molecule has 0 aliphatic heterocycles. The highest BCUT2D eigenvalue weighted by atomic mass is 19.2. The second-order valence-corrected chi connectivity index (χ2v) is 12.4. The first kappa shape index (κ1) is 41.4. The molecule has 2 heterocycles. The summed E-state index contributed by atoms with van der Waals surface area (Å²) < 4.78 is 35.8. The second kappa shape index (κ2) is 19.6. The average molecular weight is 766 g/mol. The van der Waals surface area contributed by atoms with Crippen LogP contribution in [-0.4, -0.2) is 88.0 Å². The van der Waals surface area contributed by atoms with E-state index < -0.39 is 41.5 Å². The number of hydrogen-bond acceptors (Lipinski definition) is 10. The highest BCUT2D eigenvalue weighted by Crippen LogP contribution is 2.31. The Morgan fingerprint density at radius 2 is 1.73 bits per heavy atom. The van der Waals surface area contributed by atoms with Gasteiger partial charge in [-0.1, -0.05) is 6.92 Å². The fraction of sp³-hybridized carbons (Fsp3) is 0.361. The van der Waals surface area contributed by atoms with Gasteiger partial charge in [-0.25, -0.2) is 14.4 Å². The first-order valence-electron chi connectivity index (χ1n) is 17.5. The zero-order valence-corrected chi connectivity index (χ0v) is 30.4. The lowest BCUT2D eigenvalue weighted by molar-refractivity contribution is -0.137. The zero-order chi connectivity index (χ0) is 40.1. The van der Waals surface area contributed by atoms with Crippen molar-refractivity contribution in [3.05, 3.63) is 71.7 Å². The van der Waals surface area contributed by atoms with Crippen molar-refractivity contribution in [1.29, 1.82) is 5.41 Å². The Morgan fingerprint density at radius 1 is 0.982 bits per heavy atom. The van der Waals surface area contributed by atoms with Crippen LogP contribution in [0.2, 0.25) is 0 Å². The Kier molecular flexibility index (Phi) is 14.8. The predicted molar refractivity (Wildman–Crippen MR) is 200 cm³/mol. The number of anilines is 2. The third-order valence-corrected chi connectivity index (χ3v) is 8.53. The van der Waals surface area contributed by atoms with E-state index in [-0.39, 0.29) is 62.1 Å². The number of carboxylic acids is 1. The first-order valence-corrected chi connectivity index (χ1v) is 17.5. The summed E-state index contributed by atoms with van der Waals surface area (Å²) in [6.07, 6.45) is 5.57. The predicted octanol–water partition coefficient (Wildman–Crippen LogP) is 2.17. The van der Waals surface area contributed by atoms with Crippen LogP contribution in [0, 0.1) is 17.0 Å². The van der Waals surface area contributed by atoms with Crippen LogP contribution in [0.5, 0.6) is 5.75 Å². The second-order valence-electron chi connectivity index (χ2n) is 12.4. The molecule has 11 N–H and O–H groups in total. The number of aromatic nitrogens is 3. The molecule has 0 bridgehead atoms. The van der Waals surface area contributed by atoms with E-state index in [4.69, 9.17) is 26.7 Å². The number of ether oxygens (including phenoxy) is 1. The van der Waals surface area contributed by atoms with Crippen molar-refractivity contribution in [2.75, 3.05) is 32.1 Å². The average Bonchev–Trinajstić information content (AvgIpc) is 3.60. The van der Waals surface area contributed by atoms with Gasteiger partial charge in [0, 0.05) is 55.3 Å². The number of imidazole rings is 1. The molecule has 0 saturated carbocycles. The molecule has 17 nitrogen and oxygen atoms in total. The van der Waals surface area contributed by atoms with Crippen molar-refractivity contribution in [1.82, 2.24) is 35.6 Å². The molecule has 0 fully saturated rings. The van der Waals surface area contributed by atoms with E-state index in [1.165, 1.54) is 31.6 Å². The Labute approximate surface area is 315 Å². The molecule has 0 radical (unpaired) electrons. The number of aliphatic carboxylic acids is 1. The zero-order valence-electron chi connectivity index (χ0n) is 30.4. The Bertz CT molecular complexity index is 2030. The van der Waals surface area contributed by atoms with Gasteiger partial charge in [0.05, 0.1) is 25.0 Å². The third kappa shape index (κ3) is 11.1. The number of carbonyl (C=O) groups is 4. The van der Waals surface area contributed by atoms with Gasteiger partial charge in [-0.2, -0.15) is 4.39 Å². The van der Waals surface area contributed by atoms with Crippen LogP contribution >= 0.6 is 0 Å². The van der Waals surface area contributed by atoms with Crippen molar-refractivity contribution in [3.8, 4) is 17.0 Å². The Morgan fingerprint density at radius 3 is 2.44 bits per heavy atom. The van der Waals surface area contributed by atoms with Crippen LogP contribution in [-0.2, 0) is 20.8 Å². The molecule has 55 heavy (non-hydrogen) atoms. The van der Waals surface area contributed by atoms with Gasteiger partial charge in [-0.3, -0.25) is 29.0 Å². The molecule has 0 spiro atoms. The summed E-state index contributed by atoms with van der Waals surface area (Å²) in [7, 11) is 1.25. The Balaban J connectivity index is 1.33. The molecule has 4 aromatic rings. The number of hydrogen-bond donors (Lipinski definition) is 9. The summed E-state index contributed by atoms with van der Waals surface area (Å²) in [5, 5.41) is 30.1. The van der Waals surface area contributed by atoms with Crippen LogP contribution in [0.4, 0.5) is 20.3 Å². The maximum absolute atomic E-state index is 14.9. The van der Waals surface area contributed by atoms with E-state index in [9.17, 15) is 28.0 Å². The number of carbonyl (C=O) groups excluding carboxylic acids is 3. The van der Waals surface area contributed by atoms with Crippen molar-refractivity contribution in [2.45, 2.75) is 57.5 Å². The molecule has 2 aromatic carbocycles. The minimum atomic E-state index is -1.11. The first-order chi connectivity index (χ1) is 26.3. The van der Waals surface area contributed by atoms with Crippen LogP contribution in [0.3, 0.4) is 0 Å². The van der Waals surface area contributed by atoms with E-state index in [1.54, 1.807) is 28.8 Å². The summed E-state index contributed by atoms with van der Waals surface area (Å²) in [5.74, 6) is -4.84. The van der Waals surface area contributed by atoms with Gasteiger partial charge in [-0.15, -0.1) is 0 Å². The molecule has 19 heteroatoms. The van der Waals surface area contributed by atoms with Gasteiger partial charge >= 0.3 is 5.97 Å². The van der Waals surface area contributed by atoms with Gasteiger partial charge in [-0.05, 0) is 68.0 Å². The van der Waals surface area contributed by atoms with E-state index in [0.29, 0.717) is 47.7 Å². The molecule has 2 unspecified atom stereocenters. The number of aryl methyl sites for hydroxylation is 1. The summed E-state index contributed by atoms with van der Waals surface area (Å²) in [6, 6.07) is 5.84. The van der Waals surface area contributed by atoms with Crippen molar-refractivity contribution in [3.63, 3.8) is 0 Å². The smallest absolute Gasteiger partial charge is 0.303 e. The molecular weight excluding hydrogens is 720 g/mol. The molecule has 0 aliphatic rings. The van der Waals surface area contributed by atoms with Crippen LogP contribution < -0.4 is 42.8 Å². The molecule has 0 saturated heterocycles. The fourth-order valence-electron chi connectivity index (χ4n) is 5.62. The number of guanidine groups is 1.